The quantitative estimate of drug-likeness (QED) is 0.719. The summed E-state index contributed by atoms with van der Waals surface area (Å²) in [6.45, 7) is 7.64. The molecule has 96 valence electrons. The van der Waals surface area contributed by atoms with E-state index in [-0.39, 0.29) is 0 Å². The lowest BCUT2D eigenvalue weighted by Gasteiger charge is -2.19. The van der Waals surface area contributed by atoms with Crippen molar-refractivity contribution in [2.75, 3.05) is 26.3 Å². The van der Waals surface area contributed by atoms with Gasteiger partial charge in [-0.1, -0.05) is 36.7 Å². The monoisotopic (exact) mass is 255 g/mol. The summed E-state index contributed by atoms with van der Waals surface area (Å²) in [4.78, 5) is 0. The van der Waals surface area contributed by atoms with Crippen LogP contribution in [0.3, 0.4) is 0 Å². The molecule has 0 aromatic heterocycles. The van der Waals surface area contributed by atoms with E-state index in [2.05, 4.69) is 18.3 Å². The van der Waals surface area contributed by atoms with Crippen molar-refractivity contribution in [3.8, 4) is 0 Å². The number of ether oxygens (including phenoxy) is 1. The second kappa shape index (κ2) is 8.51. The van der Waals surface area contributed by atoms with Crippen LogP contribution in [0.4, 0.5) is 0 Å². The van der Waals surface area contributed by atoms with Crippen LogP contribution < -0.4 is 5.32 Å². The van der Waals surface area contributed by atoms with E-state index in [1.807, 2.05) is 25.1 Å². The van der Waals surface area contributed by atoms with Gasteiger partial charge in [0.25, 0.3) is 0 Å². The van der Waals surface area contributed by atoms with Crippen LogP contribution in [0.15, 0.2) is 24.3 Å². The van der Waals surface area contributed by atoms with Crippen molar-refractivity contribution in [2.45, 2.75) is 26.2 Å². The Morgan fingerprint density at radius 3 is 2.71 bits per heavy atom. The maximum absolute atomic E-state index is 6.24. The predicted molar refractivity (Wildman–Crippen MR) is 73.8 cm³/mol. The lowest BCUT2D eigenvalue weighted by molar-refractivity contribution is 0.139. The Balaban J connectivity index is 2.64. The molecule has 1 aromatic rings. The third kappa shape index (κ3) is 5.07. The Labute approximate surface area is 109 Å². The predicted octanol–water partition coefficient (Wildman–Crippen LogP) is 3.46. The SMILES string of the molecule is CCNCC(CCOCC)c1ccccc1Cl. The molecule has 0 fully saturated rings. The molecule has 1 aromatic carbocycles. The molecule has 1 rings (SSSR count). The molecule has 0 radical (unpaired) electrons. The fraction of sp³-hybridized carbons (Fsp3) is 0.571. The van der Waals surface area contributed by atoms with Crippen molar-refractivity contribution in [2.24, 2.45) is 0 Å². The second-order valence-corrected chi connectivity index (χ2v) is 4.42. The van der Waals surface area contributed by atoms with Crippen LogP contribution in [-0.2, 0) is 4.74 Å². The highest BCUT2D eigenvalue weighted by Gasteiger charge is 2.13. The molecule has 3 heteroatoms. The summed E-state index contributed by atoms with van der Waals surface area (Å²) < 4.78 is 5.43. The molecule has 0 aliphatic rings. The van der Waals surface area contributed by atoms with E-state index in [4.69, 9.17) is 16.3 Å². The second-order valence-electron chi connectivity index (χ2n) is 4.01. The Morgan fingerprint density at radius 2 is 2.06 bits per heavy atom. The fourth-order valence-corrected chi connectivity index (χ4v) is 2.15. The summed E-state index contributed by atoms with van der Waals surface area (Å²) in [5, 5.41) is 4.24. The molecule has 0 saturated carbocycles. The third-order valence-corrected chi connectivity index (χ3v) is 3.14. The first-order valence-corrected chi connectivity index (χ1v) is 6.70. The van der Waals surface area contributed by atoms with Gasteiger partial charge in [-0.25, -0.2) is 0 Å². The molecule has 17 heavy (non-hydrogen) atoms. The topological polar surface area (TPSA) is 21.3 Å². The number of hydrogen-bond acceptors (Lipinski definition) is 2. The summed E-state index contributed by atoms with van der Waals surface area (Å²) in [6.07, 6.45) is 1.00. The number of hydrogen-bond donors (Lipinski definition) is 1. The van der Waals surface area contributed by atoms with E-state index in [1.54, 1.807) is 0 Å². The number of nitrogens with one attached hydrogen (secondary N) is 1. The van der Waals surface area contributed by atoms with E-state index in [0.717, 1.165) is 37.7 Å². The molecule has 0 aliphatic carbocycles. The molecule has 0 amide bonds. The lowest BCUT2D eigenvalue weighted by Crippen LogP contribution is -2.22. The standard InChI is InChI=1S/C14H22ClNO/c1-3-16-11-12(9-10-17-4-2)13-7-5-6-8-14(13)15/h5-8,12,16H,3-4,9-11H2,1-2H3. The van der Waals surface area contributed by atoms with Crippen LogP contribution in [0.25, 0.3) is 0 Å². The minimum atomic E-state index is 0.426. The molecule has 2 nitrogen and oxygen atoms in total. The molecule has 1 unspecified atom stereocenters. The van der Waals surface area contributed by atoms with Crippen LogP contribution in [0, 0.1) is 0 Å². The van der Waals surface area contributed by atoms with E-state index in [0.29, 0.717) is 5.92 Å². The van der Waals surface area contributed by atoms with Gasteiger partial charge in [-0.05, 0) is 37.4 Å². The van der Waals surface area contributed by atoms with Crippen LogP contribution in [0.2, 0.25) is 5.02 Å². The van der Waals surface area contributed by atoms with Crippen molar-refractivity contribution < 1.29 is 4.74 Å². The third-order valence-electron chi connectivity index (χ3n) is 2.80. The van der Waals surface area contributed by atoms with Gasteiger partial charge < -0.3 is 10.1 Å². The molecule has 0 aliphatic heterocycles. The maximum atomic E-state index is 6.24. The van der Waals surface area contributed by atoms with Gasteiger partial charge in [0.1, 0.15) is 0 Å². The highest BCUT2D eigenvalue weighted by molar-refractivity contribution is 6.31. The molecule has 1 N–H and O–H groups in total. The van der Waals surface area contributed by atoms with E-state index in [9.17, 15) is 0 Å². The summed E-state index contributed by atoms with van der Waals surface area (Å²) >= 11 is 6.24. The van der Waals surface area contributed by atoms with Gasteiger partial charge >= 0.3 is 0 Å². The van der Waals surface area contributed by atoms with E-state index >= 15 is 0 Å². The van der Waals surface area contributed by atoms with Gasteiger partial charge in [-0.15, -0.1) is 0 Å². The minimum absolute atomic E-state index is 0.426. The smallest absolute Gasteiger partial charge is 0.0472 e. The number of benzene rings is 1. The first kappa shape index (κ1) is 14.5. The van der Waals surface area contributed by atoms with Crippen molar-refractivity contribution >= 4 is 11.6 Å². The van der Waals surface area contributed by atoms with Crippen molar-refractivity contribution in [1.82, 2.24) is 5.32 Å². The van der Waals surface area contributed by atoms with Crippen molar-refractivity contribution in [3.63, 3.8) is 0 Å². The maximum Gasteiger partial charge on any atom is 0.0472 e. The van der Waals surface area contributed by atoms with E-state index in [1.165, 1.54) is 5.56 Å². The minimum Gasteiger partial charge on any atom is -0.382 e. The average molecular weight is 256 g/mol. The van der Waals surface area contributed by atoms with Crippen LogP contribution in [0.5, 0.6) is 0 Å². The molecule has 0 saturated heterocycles. The molecule has 1 atom stereocenters. The lowest BCUT2D eigenvalue weighted by atomic mass is 9.96. The van der Waals surface area contributed by atoms with Gasteiger partial charge in [0.2, 0.25) is 0 Å². The normalized spacial score (nSPS) is 12.6. The van der Waals surface area contributed by atoms with Gasteiger partial charge in [0.05, 0.1) is 0 Å². The Bertz CT molecular complexity index is 317. The van der Waals surface area contributed by atoms with Gasteiger partial charge in [0.15, 0.2) is 0 Å². The van der Waals surface area contributed by atoms with Crippen LogP contribution in [0.1, 0.15) is 31.7 Å². The van der Waals surface area contributed by atoms with Crippen molar-refractivity contribution in [3.05, 3.63) is 34.9 Å². The Hall–Kier alpha value is -0.570. The van der Waals surface area contributed by atoms with Crippen LogP contribution >= 0.6 is 11.6 Å². The Morgan fingerprint density at radius 1 is 1.29 bits per heavy atom. The van der Waals surface area contributed by atoms with Gasteiger partial charge in [-0.2, -0.15) is 0 Å². The Kier molecular flexibility index (Phi) is 7.25. The number of halogens is 1. The van der Waals surface area contributed by atoms with Crippen LogP contribution in [-0.4, -0.2) is 26.3 Å². The van der Waals surface area contributed by atoms with E-state index < -0.39 is 0 Å². The van der Waals surface area contributed by atoms with Crippen molar-refractivity contribution in [1.29, 1.82) is 0 Å². The fourth-order valence-electron chi connectivity index (χ4n) is 1.86. The highest BCUT2D eigenvalue weighted by Crippen LogP contribution is 2.26. The zero-order valence-corrected chi connectivity index (χ0v) is 11.5. The van der Waals surface area contributed by atoms with Gasteiger partial charge in [0, 0.05) is 24.8 Å². The molecular weight excluding hydrogens is 234 g/mol. The molecule has 0 bridgehead atoms. The number of likely N-dealkylation sites (N-methyl/N-ethyl adjacent to an activating group) is 1. The first-order valence-electron chi connectivity index (χ1n) is 6.32. The highest BCUT2D eigenvalue weighted by atomic mass is 35.5. The molecule has 0 heterocycles. The molecule has 0 spiro atoms. The summed E-state index contributed by atoms with van der Waals surface area (Å²) in [5.41, 5.74) is 1.22. The van der Waals surface area contributed by atoms with Gasteiger partial charge in [-0.3, -0.25) is 0 Å². The summed E-state index contributed by atoms with van der Waals surface area (Å²) in [6, 6.07) is 8.08. The summed E-state index contributed by atoms with van der Waals surface area (Å²) in [7, 11) is 0. The first-order chi connectivity index (χ1) is 8.29. The zero-order valence-electron chi connectivity index (χ0n) is 10.7. The summed E-state index contributed by atoms with van der Waals surface area (Å²) in [5.74, 6) is 0.426. The zero-order chi connectivity index (χ0) is 12.5. The largest absolute Gasteiger partial charge is 0.382 e. The number of rotatable bonds is 8. The molecular formula is C14H22ClNO. The average Bonchev–Trinajstić information content (AvgIpc) is 2.35.